The lowest BCUT2D eigenvalue weighted by atomic mass is 10.1. The van der Waals surface area contributed by atoms with E-state index >= 15 is 0 Å². The molecular weight excluding hydrogens is 289 g/mol. The van der Waals surface area contributed by atoms with Crippen LogP contribution in [0.1, 0.15) is 22.0 Å². The van der Waals surface area contributed by atoms with Crippen molar-refractivity contribution in [2.75, 3.05) is 18.2 Å². The van der Waals surface area contributed by atoms with Crippen LogP contribution in [0.2, 0.25) is 0 Å². The number of carbonyl (C=O) groups is 1. The topological polar surface area (TPSA) is 38.3 Å². The van der Waals surface area contributed by atoms with Gasteiger partial charge in [0.2, 0.25) is 0 Å². The van der Waals surface area contributed by atoms with Gasteiger partial charge in [-0.2, -0.15) is 0 Å². The van der Waals surface area contributed by atoms with Crippen LogP contribution in [0.15, 0.2) is 47.4 Å². The molecule has 0 spiro atoms. The van der Waals surface area contributed by atoms with Gasteiger partial charge in [-0.3, -0.25) is 0 Å². The predicted molar refractivity (Wildman–Crippen MR) is 81.3 cm³/mol. The summed E-state index contributed by atoms with van der Waals surface area (Å²) >= 11 is 1.77. The van der Waals surface area contributed by atoms with Crippen molar-refractivity contribution in [3.05, 3.63) is 59.4 Å². The number of esters is 1. The molecule has 0 saturated heterocycles. The summed E-state index contributed by atoms with van der Waals surface area (Å²) in [5.74, 6) is -0.129. The van der Waals surface area contributed by atoms with E-state index in [2.05, 4.69) is 17.4 Å². The number of rotatable bonds is 3. The monoisotopic (exact) mass is 303 g/mol. The molecule has 1 aliphatic heterocycles. The molecule has 1 atom stereocenters. The summed E-state index contributed by atoms with van der Waals surface area (Å²) < 4.78 is 18.1. The molecule has 21 heavy (non-hydrogen) atoms. The first kappa shape index (κ1) is 13.9. The van der Waals surface area contributed by atoms with Crippen molar-refractivity contribution in [1.29, 1.82) is 0 Å². The Morgan fingerprint density at radius 1 is 1.33 bits per heavy atom. The van der Waals surface area contributed by atoms with Crippen LogP contribution < -0.4 is 5.32 Å². The van der Waals surface area contributed by atoms with Gasteiger partial charge in [-0.1, -0.05) is 18.2 Å². The first-order valence-electron chi connectivity index (χ1n) is 6.55. The van der Waals surface area contributed by atoms with E-state index in [0.29, 0.717) is 5.69 Å². The van der Waals surface area contributed by atoms with Crippen LogP contribution in [-0.2, 0) is 4.74 Å². The summed E-state index contributed by atoms with van der Waals surface area (Å²) in [6, 6.07) is 12.3. The third kappa shape index (κ3) is 2.74. The number of methoxy groups -OCH3 is 1. The molecule has 0 aliphatic carbocycles. The zero-order chi connectivity index (χ0) is 14.8. The zero-order valence-corrected chi connectivity index (χ0v) is 12.2. The second kappa shape index (κ2) is 5.77. The van der Waals surface area contributed by atoms with Gasteiger partial charge < -0.3 is 10.1 Å². The highest BCUT2D eigenvalue weighted by atomic mass is 32.2. The smallest absolute Gasteiger partial charge is 0.340 e. The number of thioether (sulfide) groups is 1. The molecule has 0 aromatic heterocycles. The van der Waals surface area contributed by atoms with Crippen molar-refractivity contribution in [2.45, 2.75) is 10.9 Å². The van der Waals surface area contributed by atoms with Gasteiger partial charge in [0.25, 0.3) is 0 Å². The van der Waals surface area contributed by atoms with Crippen LogP contribution in [0.5, 0.6) is 0 Å². The van der Waals surface area contributed by atoms with Crippen molar-refractivity contribution in [1.82, 2.24) is 0 Å². The largest absolute Gasteiger partial charge is 0.465 e. The van der Waals surface area contributed by atoms with E-state index in [0.717, 1.165) is 5.75 Å². The molecule has 0 bridgehead atoms. The van der Waals surface area contributed by atoms with Crippen LogP contribution in [0.4, 0.5) is 10.1 Å². The number of carbonyl (C=O) groups excluding carboxylic acids is 1. The summed E-state index contributed by atoms with van der Waals surface area (Å²) in [7, 11) is 1.29. The number of hydrogen-bond donors (Lipinski definition) is 1. The number of fused-ring (bicyclic) bond motifs is 1. The molecule has 0 saturated carbocycles. The molecule has 108 valence electrons. The third-order valence-electron chi connectivity index (χ3n) is 3.42. The molecule has 3 nitrogen and oxygen atoms in total. The molecule has 2 aromatic carbocycles. The number of benzene rings is 2. The SMILES string of the molecule is COC(=O)c1cc(F)ccc1NC1CSc2ccccc21. The van der Waals surface area contributed by atoms with Crippen LogP contribution in [0.3, 0.4) is 0 Å². The molecule has 2 aromatic rings. The van der Waals surface area contributed by atoms with Gasteiger partial charge in [0, 0.05) is 16.3 Å². The highest BCUT2D eigenvalue weighted by molar-refractivity contribution is 7.99. The maximum Gasteiger partial charge on any atom is 0.340 e. The van der Waals surface area contributed by atoms with Crippen molar-refractivity contribution in [2.24, 2.45) is 0 Å². The molecule has 1 unspecified atom stereocenters. The van der Waals surface area contributed by atoms with Crippen LogP contribution in [0, 0.1) is 5.82 Å². The quantitative estimate of drug-likeness (QED) is 0.874. The average Bonchev–Trinajstić information content (AvgIpc) is 2.91. The third-order valence-corrected chi connectivity index (χ3v) is 4.60. The number of nitrogens with one attached hydrogen (secondary N) is 1. The second-order valence-electron chi connectivity index (χ2n) is 4.73. The van der Waals surface area contributed by atoms with E-state index < -0.39 is 11.8 Å². The van der Waals surface area contributed by atoms with E-state index in [1.807, 2.05) is 12.1 Å². The normalized spacial score (nSPS) is 16.4. The molecule has 3 rings (SSSR count). The Labute approximate surface area is 126 Å². The molecule has 0 radical (unpaired) electrons. The minimum Gasteiger partial charge on any atom is -0.465 e. The number of anilines is 1. The van der Waals surface area contributed by atoms with Crippen LogP contribution >= 0.6 is 11.8 Å². The second-order valence-corrected chi connectivity index (χ2v) is 5.79. The first-order valence-corrected chi connectivity index (χ1v) is 7.53. The van der Waals surface area contributed by atoms with Gasteiger partial charge >= 0.3 is 5.97 Å². The Balaban J connectivity index is 1.91. The van der Waals surface area contributed by atoms with E-state index in [-0.39, 0.29) is 11.6 Å². The Morgan fingerprint density at radius 3 is 2.95 bits per heavy atom. The van der Waals surface area contributed by atoms with E-state index in [1.54, 1.807) is 17.8 Å². The fourth-order valence-corrected chi connectivity index (χ4v) is 3.55. The van der Waals surface area contributed by atoms with Crippen molar-refractivity contribution >= 4 is 23.4 Å². The maximum absolute atomic E-state index is 13.4. The summed E-state index contributed by atoms with van der Waals surface area (Å²) in [5.41, 5.74) is 2.00. The first-order chi connectivity index (χ1) is 10.2. The van der Waals surface area contributed by atoms with Gasteiger partial charge in [-0.15, -0.1) is 11.8 Å². The minimum absolute atomic E-state index is 0.0973. The van der Waals surface area contributed by atoms with Crippen molar-refractivity contribution < 1.29 is 13.9 Å². The average molecular weight is 303 g/mol. The van der Waals surface area contributed by atoms with Gasteiger partial charge in [0.15, 0.2) is 0 Å². The number of ether oxygens (including phenoxy) is 1. The van der Waals surface area contributed by atoms with Crippen LogP contribution in [0.25, 0.3) is 0 Å². The summed E-state index contributed by atoms with van der Waals surface area (Å²) in [5, 5.41) is 3.32. The molecule has 0 amide bonds. The Kier molecular flexibility index (Phi) is 3.84. The molecule has 5 heteroatoms. The summed E-state index contributed by atoms with van der Waals surface area (Å²) in [4.78, 5) is 13.0. The number of hydrogen-bond acceptors (Lipinski definition) is 4. The van der Waals surface area contributed by atoms with E-state index in [4.69, 9.17) is 4.74 Å². The lowest BCUT2D eigenvalue weighted by Crippen LogP contribution is -2.14. The Bertz CT molecular complexity index is 690. The molecule has 1 N–H and O–H groups in total. The van der Waals surface area contributed by atoms with Gasteiger partial charge in [-0.05, 0) is 29.8 Å². The lowest BCUT2D eigenvalue weighted by molar-refractivity contribution is 0.0601. The van der Waals surface area contributed by atoms with Gasteiger partial charge in [0.1, 0.15) is 5.82 Å². The number of halogens is 1. The molecule has 0 fully saturated rings. The maximum atomic E-state index is 13.4. The predicted octanol–water partition coefficient (Wildman–Crippen LogP) is 3.87. The van der Waals surface area contributed by atoms with Crippen molar-refractivity contribution in [3.8, 4) is 0 Å². The highest BCUT2D eigenvalue weighted by Gasteiger charge is 2.24. The van der Waals surface area contributed by atoms with Gasteiger partial charge in [-0.25, -0.2) is 9.18 Å². The minimum atomic E-state index is -0.545. The molecular formula is C16H14FNO2S. The standard InChI is InChI=1S/C16H14FNO2S/c1-20-16(19)12-8-10(17)6-7-13(12)18-14-9-21-15-5-3-2-4-11(14)15/h2-8,14,18H,9H2,1H3. The highest BCUT2D eigenvalue weighted by Crippen LogP contribution is 2.40. The zero-order valence-electron chi connectivity index (χ0n) is 11.4. The summed E-state index contributed by atoms with van der Waals surface area (Å²) in [6.45, 7) is 0. The summed E-state index contributed by atoms with van der Waals surface area (Å²) in [6.07, 6.45) is 0. The Morgan fingerprint density at radius 2 is 2.14 bits per heavy atom. The lowest BCUT2D eigenvalue weighted by Gasteiger charge is -2.17. The molecule has 1 aliphatic rings. The fourth-order valence-electron chi connectivity index (χ4n) is 2.39. The van der Waals surface area contributed by atoms with Crippen LogP contribution in [-0.4, -0.2) is 18.8 Å². The van der Waals surface area contributed by atoms with Crippen molar-refractivity contribution in [3.63, 3.8) is 0 Å². The van der Waals surface area contributed by atoms with E-state index in [1.165, 1.54) is 29.7 Å². The fraction of sp³-hybridized carbons (Fsp3) is 0.188. The van der Waals surface area contributed by atoms with E-state index in [9.17, 15) is 9.18 Å². The Hall–Kier alpha value is -2.01. The molecule has 1 heterocycles. The van der Waals surface area contributed by atoms with Gasteiger partial charge in [0.05, 0.1) is 18.7 Å².